The van der Waals surface area contributed by atoms with E-state index < -0.39 is 5.41 Å². The Morgan fingerprint density at radius 1 is 0.963 bits per heavy atom. The van der Waals surface area contributed by atoms with Gasteiger partial charge in [-0.1, -0.05) is 60.2 Å². The molecule has 4 heteroatoms. The topological polar surface area (TPSA) is 65.8 Å². The lowest BCUT2D eigenvalue weighted by molar-refractivity contribution is -0.121. The lowest BCUT2D eigenvalue weighted by atomic mass is 9.94. The second kappa shape index (κ2) is 7.43. The summed E-state index contributed by atoms with van der Waals surface area (Å²) in [5, 5.41) is 12.0. The summed E-state index contributed by atoms with van der Waals surface area (Å²) >= 11 is 0. The van der Waals surface area contributed by atoms with E-state index in [1.807, 2.05) is 67.6 Å². The van der Waals surface area contributed by atoms with Crippen molar-refractivity contribution in [2.24, 2.45) is 5.41 Å². The number of aryl methyl sites for hydroxylation is 1. The van der Waals surface area contributed by atoms with Crippen LogP contribution in [0.25, 0.3) is 22.4 Å². The van der Waals surface area contributed by atoms with Crippen molar-refractivity contribution in [1.82, 2.24) is 4.98 Å². The Hall–Kier alpha value is -3.45. The minimum Gasteiger partial charge on any atom is -0.309 e. The number of carbonyl (C=O) groups excluding carboxylic acids is 1. The third kappa shape index (κ3) is 4.21. The molecule has 0 spiro atoms. The van der Waals surface area contributed by atoms with Gasteiger partial charge in [0.15, 0.2) is 0 Å². The molecule has 2 aromatic carbocycles. The summed E-state index contributed by atoms with van der Waals surface area (Å²) in [5.41, 5.74) is 3.76. The molecule has 0 aliphatic carbocycles. The quantitative estimate of drug-likeness (QED) is 0.698. The molecule has 4 nitrogen and oxygen atoms in total. The highest BCUT2D eigenvalue weighted by Crippen LogP contribution is 2.29. The van der Waals surface area contributed by atoms with E-state index in [0.717, 1.165) is 22.4 Å². The van der Waals surface area contributed by atoms with Crippen LogP contribution in [0.5, 0.6) is 0 Å². The van der Waals surface area contributed by atoms with E-state index in [-0.39, 0.29) is 5.91 Å². The predicted molar refractivity (Wildman–Crippen MR) is 108 cm³/mol. The monoisotopic (exact) mass is 355 g/mol. The van der Waals surface area contributed by atoms with E-state index in [2.05, 4.69) is 22.4 Å². The second-order valence-corrected chi connectivity index (χ2v) is 7.05. The number of anilines is 1. The molecule has 0 aliphatic heterocycles. The van der Waals surface area contributed by atoms with E-state index in [1.54, 1.807) is 13.8 Å². The molecule has 0 saturated carbocycles. The van der Waals surface area contributed by atoms with Gasteiger partial charge in [-0.15, -0.1) is 0 Å². The molecule has 1 N–H and O–H groups in total. The largest absolute Gasteiger partial charge is 0.309 e. The molecule has 27 heavy (non-hydrogen) atoms. The maximum absolute atomic E-state index is 12.4. The Labute approximate surface area is 159 Å². The second-order valence-electron chi connectivity index (χ2n) is 7.05. The predicted octanol–water partition coefficient (Wildman–Crippen LogP) is 5.21. The number of benzene rings is 2. The molecule has 0 fully saturated rings. The summed E-state index contributed by atoms with van der Waals surface area (Å²) in [6, 6.07) is 23.9. The molecule has 0 atom stereocenters. The number of hydrogen-bond acceptors (Lipinski definition) is 3. The number of nitrogens with one attached hydrogen (secondary N) is 1. The molecular formula is C23H21N3O. The molecule has 0 unspecified atom stereocenters. The fourth-order valence-corrected chi connectivity index (χ4v) is 2.59. The highest BCUT2D eigenvalue weighted by atomic mass is 16.2. The van der Waals surface area contributed by atoms with Crippen molar-refractivity contribution < 1.29 is 4.79 Å². The standard InChI is InChI=1S/C23H21N3O/c1-16-9-11-17(12-10-16)19-13-20(18-7-5-4-6-8-18)25-21(14-19)26-22(27)23(2,3)15-24/h4-14H,1-3H3,(H,25,26,27). The van der Waals surface area contributed by atoms with Gasteiger partial charge in [-0.2, -0.15) is 5.26 Å². The molecule has 1 heterocycles. The number of hydrogen-bond donors (Lipinski definition) is 1. The summed E-state index contributed by atoms with van der Waals surface area (Å²) in [6.45, 7) is 5.22. The van der Waals surface area contributed by atoms with Crippen LogP contribution in [0, 0.1) is 23.7 Å². The van der Waals surface area contributed by atoms with Crippen molar-refractivity contribution in [1.29, 1.82) is 5.26 Å². The maximum Gasteiger partial charge on any atom is 0.245 e. The summed E-state index contributed by atoms with van der Waals surface area (Å²) in [5.74, 6) is 0.0535. The van der Waals surface area contributed by atoms with Gasteiger partial charge >= 0.3 is 0 Å². The van der Waals surface area contributed by atoms with Crippen LogP contribution in [0.2, 0.25) is 0 Å². The maximum atomic E-state index is 12.4. The number of nitrogens with zero attached hydrogens (tertiary/aromatic N) is 2. The van der Waals surface area contributed by atoms with Gasteiger partial charge in [0.05, 0.1) is 11.8 Å². The molecular weight excluding hydrogens is 334 g/mol. The molecule has 3 aromatic rings. The Balaban J connectivity index is 2.07. The van der Waals surface area contributed by atoms with Gasteiger partial charge < -0.3 is 5.32 Å². The fourth-order valence-electron chi connectivity index (χ4n) is 2.59. The van der Waals surface area contributed by atoms with Gasteiger partial charge in [0.2, 0.25) is 5.91 Å². The zero-order valence-electron chi connectivity index (χ0n) is 15.7. The van der Waals surface area contributed by atoms with Gasteiger partial charge in [0, 0.05) is 5.56 Å². The van der Waals surface area contributed by atoms with Crippen molar-refractivity contribution in [2.75, 3.05) is 5.32 Å². The highest BCUT2D eigenvalue weighted by Gasteiger charge is 2.27. The highest BCUT2D eigenvalue weighted by molar-refractivity contribution is 5.96. The van der Waals surface area contributed by atoms with Crippen LogP contribution < -0.4 is 5.32 Å². The van der Waals surface area contributed by atoms with E-state index in [4.69, 9.17) is 0 Å². The first-order valence-electron chi connectivity index (χ1n) is 8.76. The lowest BCUT2D eigenvalue weighted by Gasteiger charge is -2.16. The summed E-state index contributed by atoms with van der Waals surface area (Å²) in [6.07, 6.45) is 0. The number of rotatable bonds is 4. The van der Waals surface area contributed by atoms with Gasteiger partial charge in [-0.3, -0.25) is 4.79 Å². The number of nitriles is 1. The first kappa shape index (κ1) is 18.3. The molecule has 0 saturated heterocycles. The molecule has 0 aliphatic rings. The Kier molecular flexibility index (Phi) is 5.05. The van der Waals surface area contributed by atoms with Crippen LogP contribution in [-0.2, 0) is 4.79 Å². The molecule has 3 rings (SSSR count). The number of carbonyl (C=O) groups is 1. The van der Waals surface area contributed by atoms with E-state index in [9.17, 15) is 10.1 Å². The first-order chi connectivity index (χ1) is 12.9. The summed E-state index contributed by atoms with van der Waals surface area (Å²) < 4.78 is 0. The zero-order valence-corrected chi connectivity index (χ0v) is 15.7. The third-order valence-corrected chi connectivity index (χ3v) is 4.37. The third-order valence-electron chi connectivity index (χ3n) is 4.37. The van der Waals surface area contributed by atoms with Crippen LogP contribution in [0.15, 0.2) is 66.7 Å². The van der Waals surface area contributed by atoms with Crippen LogP contribution in [0.4, 0.5) is 5.82 Å². The van der Waals surface area contributed by atoms with Crippen LogP contribution in [0.3, 0.4) is 0 Å². The minimum absolute atomic E-state index is 0.377. The SMILES string of the molecule is Cc1ccc(-c2cc(NC(=O)C(C)(C)C#N)nc(-c3ccccc3)c2)cc1. The molecule has 0 radical (unpaired) electrons. The van der Waals surface area contributed by atoms with Crippen molar-refractivity contribution in [3.05, 3.63) is 72.3 Å². The van der Waals surface area contributed by atoms with E-state index in [0.29, 0.717) is 5.82 Å². The molecule has 0 bridgehead atoms. The van der Waals surface area contributed by atoms with Gasteiger partial charge in [-0.05, 0) is 44.0 Å². The normalized spacial score (nSPS) is 10.9. The molecule has 1 amide bonds. The van der Waals surface area contributed by atoms with Crippen LogP contribution in [-0.4, -0.2) is 10.9 Å². The average Bonchev–Trinajstić information content (AvgIpc) is 2.69. The van der Waals surface area contributed by atoms with Crippen molar-refractivity contribution >= 4 is 11.7 Å². The van der Waals surface area contributed by atoms with Crippen molar-refractivity contribution in [3.8, 4) is 28.5 Å². The number of amides is 1. The van der Waals surface area contributed by atoms with Gasteiger partial charge in [0.1, 0.15) is 11.2 Å². The average molecular weight is 355 g/mol. The number of pyridine rings is 1. The summed E-state index contributed by atoms with van der Waals surface area (Å²) in [7, 11) is 0. The van der Waals surface area contributed by atoms with Crippen molar-refractivity contribution in [2.45, 2.75) is 20.8 Å². The smallest absolute Gasteiger partial charge is 0.245 e. The lowest BCUT2D eigenvalue weighted by Crippen LogP contribution is -2.29. The Morgan fingerprint density at radius 3 is 2.26 bits per heavy atom. The minimum atomic E-state index is -1.13. The summed E-state index contributed by atoms with van der Waals surface area (Å²) in [4.78, 5) is 17.0. The zero-order chi connectivity index (χ0) is 19.4. The Morgan fingerprint density at radius 2 is 1.63 bits per heavy atom. The van der Waals surface area contributed by atoms with Gasteiger partial charge in [0.25, 0.3) is 0 Å². The number of aromatic nitrogens is 1. The van der Waals surface area contributed by atoms with Crippen molar-refractivity contribution in [3.63, 3.8) is 0 Å². The molecule has 134 valence electrons. The van der Waals surface area contributed by atoms with E-state index in [1.165, 1.54) is 5.56 Å². The molecule has 1 aromatic heterocycles. The Bertz CT molecular complexity index is 1000. The fraction of sp³-hybridized carbons (Fsp3) is 0.174. The first-order valence-corrected chi connectivity index (χ1v) is 8.76. The van der Waals surface area contributed by atoms with Crippen LogP contribution in [0.1, 0.15) is 19.4 Å². The van der Waals surface area contributed by atoms with E-state index >= 15 is 0 Å². The van der Waals surface area contributed by atoms with Crippen LogP contribution >= 0.6 is 0 Å². The van der Waals surface area contributed by atoms with Gasteiger partial charge in [-0.25, -0.2) is 4.98 Å².